The van der Waals surface area contributed by atoms with Gasteiger partial charge in [-0.2, -0.15) is 0 Å². The van der Waals surface area contributed by atoms with Gasteiger partial charge < -0.3 is 9.30 Å². The Morgan fingerprint density at radius 2 is 2.05 bits per heavy atom. The van der Waals surface area contributed by atoms with Crippen LogP contribution in [0.15, 0.2) is 0 Å². The molecule has 2 aliphatic rings. The molecule has 0 bridgehead atoms. The summed E-state index contributed by atoms with van der Waals surface area (Å²) in [6.07, 6.45) is 5.77. The normalized spacial score (nSPS) is 27.5. The maximum atomic E-state index is 6.11. The summed E-state index contributed by atoms with van der Waals surface area (Å²) in [5.41, 5.74) is 0. The Balaban J connectivity index is 1.43. The molecule has 0 unspecified atom stereocenters. The van der Waals surface area contributed by atoms with Crippen molar-refractivity contribution in [3.05, 3.63) is 11.6 Å². The van der Waals surface area contributed by atoms with Crippen molar-refractivity contribution in [1.82, 2.24) is 19.7 Å². The summed E-state index contributed by atoms with van der Waals surface area (Å²) >= 11 is 0. The van der Waals surface area contributed by atoms with Gasteiger partial charge in [-0.25, -0.2) is 0 Å². The van der Waals surface area contributed by atoms with Crippen LogP contribution in [0.3, 0.4) is 0 Å². The van der Waals surface area contributed by atoms with Crippen LogP contribution in [0.2, 0.25) is 0 Å². The van der Waals surface area contributed by atoms with Crippen LogP contribution in [0.25, 0.3) is 0 Å². The lowest BCUT2D eigenvalue weighted by Gasteiger charge is -2.31. The molecule has 1 aromatic heterocycles. The van der Waals surface area contributed by atoms with Crippen LogP contribution in [0.5, 0.6) is 0 Å². The van der Waals surface area contributed by atoms with Gasteiger partial charge in [0.1, 0.15) is 11.6 Å². The maximum absolute atomic E-state index is 6.11. The van der Waals surface area contributed by atoms with Gasteiger partial charge in [0.05, 0.1) is 19.3 Å². The van der Waals surface area contributed by atoms with Crippen molar-refractivity contribution in [2.75, 3.05) is 19.7 Å². The summed E-state index contributed by atoms with van der Waals surface area (Å²) in [5, 5.41) is 8.40. The molecule has 1 aliphatic heterocycles. The van der Waals surface area contributed by atoms with Crippen molar-refractivity contribution < 1.29 is 4.74 Å². The first kappa shape index (κ1) is 14.0. The van der Waals surface area contributed by atoms with Gasteiger partial charge in [0.2, 0.25) is 0 Å². The second kappa shape index (κ2) is 6.22. The van der Waals surface area contributed by atoms with E-state index in [1.165, 1.54) is 25.7 Å². The Bertz CT molecular complexity index is 445. The topological polar surface area (TPSA) is 43.2 Å². The van der Waals surface area contributed by atoms with Gasteiger partial charge >= 0.3 is 0 Å². The highest BCUT2D eigenvalue weighted by Gasteiger charge is 2.23. The van der Waals surface area contributed by atoms with Crippen molar-refractivity contribution in [3.8, 4) is 0 Å². The molecule has 1 saturated carbocycles. The quantitative estimate of drug-likeness (QED) is 0.845. The van der Waals surface area contributed by atoms with Gasteiger partial charge in [0, 0.05) is 19.6 Å². The summed E-state index contributed by atoms with van der Waals surface area (Å²) in [6, 6.07) is 0. The number of ether oxygens (including phenoxy) is 1. The van der Waals surface area contributed by atoms with Gasteiger partial charge in [0.15, 0.2) is 0 Å². The fourth-order valence-electron chi connectivity index (χ4n) is 3.41. The number of hydrogen-bond acceptors (Lipinski definition) is 4. The van der Waals surface area contributed by atoms with Crippen LogP contribution < -0.4 is 0 Å². The minimum absolute atomic E-state index is 0.486. The fourth-order valence-corrected chi connectivity index (χ4v) is 3.41. The number of fused-ring (bicyclic) bond motifs is 1. The lowest BCUT2D eigenvalue weighted by molar-refractivity contribution is -0.0161. The second-order valence-corrected chi connectivity index (χ2v) is 6.26. The van der Waals surface area contributed by atoms with Gasteiger partial charge in [0.25, 0.3) is 0 Å². The smallest absolute Gasteiger partial charge is 0.147 e. The SMILES string of the molecule is Cc1nnc2n1CCN(CCO[C@@H]1CCCC[C@@H]1C)C2. The standard InChI is InChI=1S/C15H26N4O/c1-12-5-3-4-6-14(12)20-10-9-18-7-8-19-13(2)16-17-15(19)11-18/h12,14H,3-11H2,1-2H3/t12-,14+/m0/s1. The van der Waals surface area contributed by atoms with Crippen LogP contribution in [0.4, 0.5) is 0 Å². The van der Waals surface area contributed by atoms with Crippen LogP contribution in [-0.4, -0.2) is 45.5 Å². The predicted octanol–water partition coefficient (Wildman–Crippen LogP) is 2.00. The molecule has 20 heavy (non-hydrogen) atoms. The molecule has 1 aromatic rings. The minimum atomic E-state index is 0.486. The first-order valence-corrected chi connectivity index (χ1v) is 7.96. The van der Waals surface area contributed by atoms with E-state index in [1.807, 2.05) is 6.92 Å². The van der Waals surface area contributed by atoms with Crippen LogP contribution in [-0.2, 0) is 17.8 Å². The first-order chi connectivity index (χ1) is 9.74. The molecule has 0 amide bonds. The molecule has 112 valence electrons. The second-order valence-electron chi connectivity index (χ2n) is 6.26. The maximum Gasteiger partial charge on any atom is 0.147 e. The van der Waals surface area contributed by atoms with E-state index < -0.39 is 0 Å². The summed E-state index contributed by atoms with van der Waals surface area (Å²) in [6.45, 7) is 9.21. The minimum Gasteiger partial charge on any atom is -0.377 e. The van der Waals surface area contributed by atoms with Crippen LogP contribution >= 0.6 is 0 Å². The van der Waals surface area contributed by atoms with E-state index in [-0.39, 0.29) is 0 Å². The van der Waals surface area contributed by atoms with E-state index in [4.69, 9.17) is 4.74 Å². The molecule has 0 radical (unpaired) electrons. The molecule has 0 spiro atoms. The van der Waals surface area contributed by atoms with E-state index in [1.54, 1.807) is 0 Å². The fraction of sp³-hybridized carbons (Fsp3) is 0.867. The molecular weight excluding hydrogens is 252 g/mol. The zero-order valence-electron chi connectivity index (χ0n) is 12.7. The van der Waals surface area contributed by atoms with E-state index in [9.17, 15) is 0 Å². The molecule has 2 heterocycles. The molecule has 5 heteroatoms. The van der Waals surface area contributed by atoms with E-state index in [0.29, 0.717) is 6.10 Å². The summed E-state index contributed by atoms with van der Waals surface area (Å²) in [7, 11) is 0. The van der Waals surface area contributed by atoms with E-state index in [2.05, 4.69) is 26.6 Å². The van der Waals surface area contributed by atoms with Crippen molar-refractivity contribution in [1.29, 1.82) is 0 Å². The van der Waals surface area contributed by atoms with Gasteiger partial charge in [-0.1, -0.05) is 19.8 Å². The third kappa shape index (κ3) is 3.04. The average Bonchev–Trinajstić information content (AvgIpc) is 2.82. The van der Waals surface area contributed by atoms with Gasteiger partial charge in [-0.15, -0.1) is 10.2 Å². The largest absolute Gasteiger partial charge is 0.377 e. The number of hydrogen-bond donors (Lipinski definition) is 0. The highest BCUT2D eigenvalue weighted by atomic mass is 16.5. The number of aromatic nitrogens is 3. The lowest BCUT2D eigenvalue weighted by atomic mass is 9.88. The van der Waals surface area contributed by atoms with Gasteiger partial charge in [-0.05, 0) is 25.7 Å². The van der Waals surface area contributed by atoms with Gasteiger partial charge in [-0.3, -0.25) is 4.90 Å². The molecular formula is C15H26N4O. The lowest BCUT2D eigenvalue weighted by Crippen LogP contribution is -2.37. The summed E-state index contributed by atoms with van der Waals surface area (Å²) < 4.78 is 8.33. The number of aryl methyl sites for hydroxylation is 1. The van der Waals surface area contributed by atoms with E-state index >= 15 is 0 Å². The molecule has 1 aliphatic carbocycles. The zero-order valence-corrected chi connectivity index (χ0v) is 12.7. The third-order valence-corrected chi connectivity index (χ3v) is 4.79. The Morgan fingerprint density at radius 3 is 2.90 bits per heavy atom. The predicted molar refractivity (Wildman–Crippen MR) is 77.4 cm³/mol. The van der Waals surface area contributed by atoms with Crippen LogP contribution in [0, 0.1) is 12.8 Å². The first-order valence-electron chi connectivity index (χ1n) is 7.96. The number of rotatable bonds is 4. The summed E-state index contributed by atoms with van der Waals surface area (Å²) in [5.74, 6) is 2.86. The zero-order chi connectivity index (χ0) is 13.9. The molecule has 0 N–H and O–H groups in total. The Morgan fingerprint density at radius 1 is 1.20 bits per heavy atom. The van der Waals surface area contributed by atoms with Crippen molar-refractivity contribution >= 4 is 0 Å². The van der Waals surface area contributed by atoms with Crippen molar-refractivity contribution in [3.63, 3.8) is 0 Å². The van der Waals surface area contributed by atoms with E-state index in [0.717, 1.165) is 50.4 Å². The molecule has 0 saturated heterocycles. The molecule has 2 atom stereocenters. The Labute approximate surface area is 121 Å². The van der Waals surface area contributed by atoms with Crippen molar-refractivity contribution in [2.24, 2.45) is 5.92 Å². The highest BCUT2D eigenvalue weighted by Crippen LogP contribution is 2.26. The Hall–Kier alpha value is -0.940. The third-order valence-electron chi connectivity index (χ3n) is 4.79. The molecule has 0 aromatic carbocycles. The molecule has 3 rings (SSSR count). The highest BCUT2D eigenvalue weighted by molar-refractivity contribution is 4.96. The summed E-state index contributed by atoms with van der Waals surface area (Å²) in [4.78, 5) is 2.43. The van der Waals surface area contributed by atoms with Crippen molar-refractivity contribution in [2.45, 2.75) is 58.7 Å². The monoisotopic (exact) mass is 278 g/mol. The molecule has 1 fully saturated rings. The number of nitrogens with zero attached hydrogens (tertiary/aromatic N) is 4. The molecule has 5 nitrogen and oxygen atoms in total. The Kier molecular flexibility index (Phi) is 4.36. The van der Waals surface area contributed by atoms with Crippen LogP contribution in [0.1, 0.15) is 44.3 Å². The average molecular weight is 278 g/mol.